The number of halogens is 4. The third-order valence-corrected chi connectivity index (χ3v) is 6.41. The Balaban J connectivity index is 0.000000550. The van der Waals surface area contributed by atoms with Crippen LogP contribution in [0, 0.1) is 5.41 Å². The van der Waals surface area contributed by atoms with E-state index in [4.69, 9.17) is 0 Å². The standard InChI is InChI=1S/C18H24NP.BF4/c1-18(2,3)17(19)14-20(15-10-6-4-7-11-15)16-12-8-5-9-13-16;2-1(3,4)5/h4-13,17H,14,19H2,1-3H3;/q;-1/p+1/t17-;/m0./s1. The van der Waals surface area contributed by atoms with E-state index in [0.717, 1.165) is 6.16 Å². The van der Waals surface area contributed by atoms with Crippen molar-refractivity contribution in [3.05, 3.63) is 60.7 Å². The number of quaternary nitrogens is 1. The molecule has 0 aliphatic rings. The van der Waals surface area contributed by atoms with Crippen molar-refractivity contribution >= 4 is 25.8 Å². The van der Waals surface area contributed by atoms with Crippen molar-refractivity contribution in [1.82, 2.24) is 0 Å². The normalized spacial score (nSPS) is 13.2. The maximum atomic E-state index is 9.75. The highest BCUT2D eigenvalue weighted by Crippen LogP contribution is 2.36. The lowest BCUT2D eigenvalue weighted by atomic mass is 9.89. The van der Waals surface area contributed by atoms with Gasteiger partial charge in [0.2, 0.25) is 0 Å². The maximum Gasteiger partial charge on any atom is 0.673 e. The van der Waals surface area contributed by atoms with E-state index in [2.05, 4.69) is 87.2 Å². The summed E-state index contributed by atoms with van der Waals surface area (Å²) in [7, 11) is -6.32. The van der Waals surface area contributed by atoms with Gasteiger partial charge in [-0.2, -0.15) is 0 Å². The highest BCUT2D eigenvalue weighted by atomic mass is 31.1. The van der Waals surface area contributed by atoms with Crippen molar-refractivity contribution in [3.63, 3.8) is 0 Å². The van der Waals surface area contributed by atoms with Crippen LogP contribution in [0.15, 0.2) is 60.7 Å². The lowest BCUT2D eigenvalue weighted by Crippen LogP contribution is -2.68. The number of hydrogen-bond donors (Lipinski definition) is 1. The second-order valence-electron chi connectivity index (χ2n) is 6.84. The molecule has 0 aromatic heterocycles. The molecule has 0 spiro atoms. The molecule has 0 amide bonds. The van der Waals surface area contributed by atoms with Gasteiger partial charge in [-0.05, 0) is 18.5 Å². The molecule has 7 heteroatoms. The second kappa shape index (κ2) is 9.35. The lowest BCUT2D eigenvalue weighted by Gasteiger charge is -2.28. The van der Waals surface area contributed by atoms with Gasteiger partial charge in [0.25, 0.3) is 0 Å². The summed E-state index contributed by atoms with van der Waals surface area (Å²) in [5.41, 5.74) is 4.67. The third kappa shape index (κ3) is 9.03. The first-order chi connectivity index (χ1) is 11.5. The van der Waals surface area contributed by atoms with Gasteiger partial charge in [0.05, 0.1) is 6.04 Å². The van der Waals surface area contributed by atoms with Gasteiger partial charge in [0.1, 0.15) is 0 Å². The Morgan fingerprint density at radius 1 is 0.840 bits per heavy atom. The van der Waals surface area contributed by atoms with E-state index in [-0.39, 0.29) is 13.3 Å². The van der Waals surface area contributed by atoms with Gasteiger partial charge in [-0.15, -0.1) is 0 Å². The van der Waals surface area contributed by atoms with Crippen molar-refractivity contribution < 1.29 is 23.0 Å². The lowest BCUT2D eigenvalue weighted by molar-refractivity contribution is -0.435. The average Bonchev–Trinajstić information content (AvgIpc) is 2.51. The van der Waals surface area contributed by atoms with E-state index in [1.165, 1.54) is 10.6 Å². The predicted molar refractivity (Wildman–Crippen MR) is 100 cm³/mol. The first-order valence-corrected chi connectivity index (χ1v) is 9.59. The summed E-state index contributed by atoms with van der Waals surface area (Å²) < 4.78 is 39.0. The van der Waals surface area contributed by atoms with E-state index in [1.807, 2.05) is 0 Å². The van der Waals surface area contributed by atoms with Crippen LogP contribution in [0.5, 0.6) is 0 Å². The van der Waals surface area contributed by atoms with Gasteiger partial charge in [-0.1, -0.05) is 81.4 Å². The van der Waals surface area contributed by atoms with Gasteiger partial charge < -0.3 is 23.0 Å². The summed E-state index contributed by atoms with van der Waals surface area (Å²) in [4.78, 5) is 0. The molecule has 1 nitrogen and oxygen atoms in total. The van der Waals surface area contributed by atoms with Crippen molar-refractivity contribution in [2.45, 2.75) is 26.8 Å². The van der Waals surface area contributed by atoms with Crippen LogP contribution < -0.4 is 16.3 Å². The minimum Gasteiger partial charge on any atom is -0.418 e. The van der Waals surface area contributed by atoms with Crippen molar-refractivity contribution in [2.24, 2.45) is 5.41 Å². The minimum atomic E-state index is -6.00. The second-order valence-corrected chi connectivity index (χ2v) is 9.09. The zero-order valence-corrected chi connectivity index (χ0v) is 15.7. The molecule has 3 N–H and O–H groups in total. The van der Waals surface area contributed by atoms with Crippen LogP contribution in [0.3, 0.4) is 0 Å². The molecule has 0 saturated heterocycles. The zero-order chi connectivity index (χ0) is 19.1. The molecule has 0 aliphatic carbocycles. The molecule has 2 rings (SSSR count). The summed E-state index contributed by atoms with van der Waals surface area (Å²) >= 11 is 0. The summed E-state index contributed by atoms with van der Waals surface area (Å²) in [6.45, 7) is 6.86. The van der Waals surface area contributed by atoms with Crippen molar-refractivity contribution in [3.8, 4) is 0 Å². The summed E-state index contributed by atoms with van der Waals surface area (Å²) in [6, 6.07) is 22.2. The van der Waals surface area contributed by atoms with Crippen molar-refractivity contribution in [2.75, 3.05) is 6.16 Å². The fourth-order valence-electron chi connectivity index (χ4n) is 2.07. The third-order valence-electron chi connectivity index (χ3n) is 3.76. The van der Waals surface area contributed by atoms with E-state index >= 15 is 0 Å². The average molecular weight is 373 g/mol. The Hall–Kier alpha value is -1.39. The van der Waals surface area contributed by atoms with Gasteiger partial charge in [-0.3, -0.25) is 0 Å². The minimum absolute atomic E-state index is 0.254. The summed E-state index contributed by atoms with van der Waals surface area (Å²) in [5, 5.41) is 2.90. The fraction of sp³-hybridized carbons (Fsp3) is 0.333. The first-order valence-electron chi connectivity index (χ1n) is 8.06. The SMILES string of the molecule is CC(C)(C)[C@@H]([NH3+])CP(c1ccccc1)c1ccccc1.F[B-](F)(F)F. The largest absolute Gasteiger partial charge is 0.673 e. The van der Waals surface area contributed by atoms with Crippen LogP contribution >= 0.6 is 7.92 Å². The number of rotatable bonds is 4. The van der Waals surface area contributed by atoms with Gasteiger partial charge in [0.15, 0.2) is 0 Å². The van der Waals surface area contributed by atoms with E-state index in [9.17, 15) is 17.3 Å². The Morgan fingerprint density at radius 2 is 1.16 bits per heavy atom. The van der Waals surface area contributed by atoms with Crippen LogP contribution in [0.4, 0.5) is 17.3 Å². The van der Waals surface area contributed by atoms with Crippen LogP contribution in [-0.4, -0.2) is 19.5 Å². The molecule has 0 radical (unpaired) electrons. The number of benzene rings is 2. The smallest absolute Gasteiger partial charge is 0.418 e. The fourth-order valence-corrected chi connectivity index (χ4v) is 4.84. The Labute approximate surface area is 148 Å². The van der Waals surface area contributed by atoms with E-state index in [1.54, 1.807) is 0 Å². The van der Waals surface area contributed by atoms with E-state index in [0.29, 0.717) is 6.04 Å². The topological polar surface area (TPSA) is 27.6 Å². The molecule has 0 heterocycles. The highest BCUT2D eigenvalue weighted by molar-refractivity contribution is 7.73. The van der Waals surface area contributed by atoms with Crippen LogP contribution in [0.2, 0.25) is 0 Å². The Morgan fingerprint density at radius 3 is 1.44 bits per heavy atom. The Bertz CT molecular complexity index is 569. The van der Waals surface area contributed by atoms with Crippen LogP contribution in [-0.2, 0) is 0 Å². The van der Waals surface area contributed by atoms with Gasteiger partial charge in [0, 0.05) is 11.6 Å². The molecule has 0 aliphatic heterocycles. The van der Waals surface area contributed by atoms with Crippen LogP contribution in [0.1, 0.15) is 20.8 Å². The Kier molecular flexibility index (Phi) is 8.10. The van der Waals surface area contributed by atoms with E-state index < -0.39 is 7.25 Å². The highest BCUT2D eigenvalue weighted by Gasteiger charge is 2.28. The molecular weight excluding hydrogens is 348 g/mol. The quantitative estimate of drug-likeness (QED) is 0.475. The van der Waals surface area contributed by atoms with Gasteiger partial charge >= 0.3 is 7.25 Å². The molecule has 0 fully saturated rings. The molecule has 1 atom stereocenters. The molecule has 25 heavy (non-hydrogen) atoms. The molecule has 0 saturated carbocycles. The molecule has 0 bridgehead atoms. The molecular formula is C18H25BF4NP. The summed E-state index contributed by atoms with van der Waals surface area (Å²) in [5.74, 6) is 0. The monoisotopic (exact) mass is 373 g/mol. The number of hydrogen-bond acceptors (Lipinski definition) is 0. The van der Waals surface area contributed by atoms with Crippen molar-refractivity contribution in [1.29, 1.82) is 0 Å². The molecule has 0 unspecified atom stereocenters. The zero-order valence-electron chi connectivity index (χ0n) is 14.8. The molecule has 138 valence electrons. The van der Waals surface area contributed by atoms with Crippen LogP contribution in [0.25, 0.3) is 0 Å². The molecule has 2 aromatic rings. The molecule has 2 aromatic carbocycles. The predicted octanol–water partition coefficient (Wildman–Crippen LogP) is 4.08. The van der Waals surface area contributed by atoms with Gasteiger partial charge in [-0.25, -0.2) is 0 Å². The first kappa shape index (κ1) is 21.7. The maximum absolute atomic E-state index is 9.75. The summed E-state index contributed by atoms with van der Waals surface area (Å²) in [6.07, 6.45) is 1.15.